The van der Waals surface area contributed by atoms with Crippen molar-refractivity contribution in [2.24, 2.45) is 10.7 Å². The number of methoxy groups -OCH3 is 1. The van der Waals surface area contributed by atoms with Gasteiger partial charge in [0.1, 0.15) is 0 Å². The van der Waals surface area contributed by atoms with Crippen molar-refractivity contribution in [2.45, 2.75) is 24.9 Å². The highest BCUT2D eigenvalue weighted by Crippen LogP contribution is 2.50. The number of guanidine groups is 1. The molecule has 134 valence electrons. The molecule has 0 aromatic heterocycles. The van der Waals surface area contributed by atoms with Gasteiger partial charge in [0, 0.05) is 28.8 Å². The summed E-state index contributed by atoms with van der Waals surface area (Å²) in [5.74, 6) is 0.414. The van der Waals surface area contributed by atoms with E-state index in [2.05, 4.69) is 16.4 Å². The van der Waals surface area contributed by atoms with Crippen molar-refractivity contribution in [2.75, 3.05) is 19.0 Å². The Labute approximate surface area is 170 Å². The monoisotopic (exact) mass is 471 g/mol. The molecular weight excluding hydrogens is 449 g/mol. The topological polar surface area (TPSA) is 59.6 Å². The molecule has 3 rings (SSSR count). The van der Waals surface area contributed by atoms with Crippen molar-refractivity contribution in [3.8, 4) is 0 Å². The van der Waals surface area contributed by atoms with E-state index in [0.29, 0.717) is 19.1 Å². The summed E-state index contributed by atoms with van der Waals surface area (Å²) in [6, 6.07) is 15.9. The molecule has 2 aromatic carbocycles. The van der Waals surface area contributed by atoms with Gasteiger partial charge >= 0.3 is 0 Å². The van der Waals surface area contributed by atoms with Gasteiger partial charge in [-0.05, 0) is 30.5 Å². The summed E-state index contributed by atoms with van der Waals surface area (Å²) in [7, 11) is 1.68. The second-order valence-corrected chi connectivity index (χ2v) is 6.58. The van der Waals surface area contributed by atoms with Crippen molar-refractivity contribution in [3.05, 3.63) is 64.7 Å². The van der Waals surface area contributed by atoms with Crippen LogP contribution in [0.4, 0.5) is 5.69 Å². The molecule has 1 aliphatic rings. The number of nitrogens with zero attached hydrogens (tertiary/aromatic N) is 1. The largest absolute Gasteiger partial charge is 0.380 e. The van der Waals surface area contributed by atoms with Gasteiger partial charge in [0.2, 0.25) is 0 Å². The third-order valence-corrected chi connectivity index (χ3v) is 4.76. The molecule has 0 saturated heterocycles. The van der Waals surface area contributed by atoms with Crippen LogP contribution in [-0.4, -0.2) is 19.6 Å². The highest BCUT2D eigenvalue weighted by molar-refractivity contribution is 14.0. The number of halogens is 2. The fourth-order valence-electron chi connectivity index (χ4n) is 2.89. The van der Waals surface area contributed by atoms with Crippen molar-refractivity contribution < 1.29 is 4.74 Å². The second-order valence-electron chi connectivity index (χ2n) is 6.18. The summed E-state index contributed by atoms with van der Waals surface area (Å²) >= 11 is 6.34. The van der Waals surface area contributed by atoms with Gasteiger partial charge in [-0.25, -0.2) is 0 Å². The maximum atomic E-state index is 6.34. The van der Waals surface area contributed by atoms with E-state index in [0.717, 1.165) is 29.1 Å². The average Bonchev–Trinajstić information content (AvgIpc) is 3.36. The second kappa shape index (κ2) is 8.87. The van der Waals surface area contributed by atoms with Crippen molar-refractivity contribution >= 4 is 47.2 Å². The van der Waals surface area contributed by atoms with E-state index in [9.17, 15) is 0 Å². The normalized spacial score (nSPS) is 15.4. The predicted molar refractivity (Wildman–Crippen MR) is 115 cm³/mol. The predicted octanol–water partition coefficient (Wildman–Crippen LogP) is 4.56. The fourth-order valence-corrected chi connectivity index (χ4v) is 3.23. The van der Waals surface area contributed by atoms with E-state index in [-0.39, 0.29) is 29.4 Å². The van der Waals surface area contributed by atoms with Gasteiger partial charge < -0.3 is 15.8 Å². The Morgan fingerprint density at radius 3 is 2.56 bits per heavy atom. The summed E-state index contributed by atoms with van der Waals surface area (Å²) < 4.78 is 5.21. The fraction of sp³-hybridized carbons (Fsp3) is 0.316. The Morgan fingerprint density at radius 1 is 1.20 bits per heavy atom. The molecule has 0 spiro atoms. The third kappa shape index (κ3) is 4.86. The molecule has 0 bridgehead atoms. The molecule has 0 aliphatic heterocycles. The molecule has 6 heteroatoms. The SMILES string of the molecule is COCc1ccccc1NC(N)=NCC1(c2ccccc2Cl)CC1.I. The Balaban J connectivity index is 0.00000225. The Kier molecular flexibility index (Phi) is 7.10. The van der Waals surface area contributed by atoms with E-state index in [1.54, 1.807) is 7.11 Å². The highest BCUT2D eigenvalue weighted by atomic mass is 127. The Hall–Kier alpha value is -1.31. The number of benzene rings is 2. The lowest BCUT2D eigenvalue weighted by atomic mass is 9.96. The molecule has 1 aliphatic carbocycles. The number of hydrogen-bond acceptors (Lipinski definition) is 2. The molecular formula is C19H23ClIN3O. The van der Waals surface area contributed by atoms with E-state index < -0.39 is 0 Å². The first-order valence-electron chi connectivity index (χ1n) is 8.03. The Bertz CT molecular complexity index is 747. The van der Waals surface area contributed by atoms with Crippen molar-refractivity contribution in [1.82, 2.24) is 0 Å². The standard InChI is InChI=1S/C19H22ClN3O.HI/c1-24-12-14-6-2-5-9-17(14)23-18(21)22-13-19(10-11-19)15-7-3-4-8-16(15)20;/h2-9H,10-13H2,1H3,(H3,21,22,23);1H. The first kappa shape index (κ1) is 20.0. The number of hydrogen-bond donors (Lipinski definition) is 2. The summed E-state index contributed by atoms with van der Waals surface area (Å²) in [5.41, 5.74) is 9.26. The van der Waals surface area contributed by atoms with E-state index >= 15 is 0 Å². The van der Waals surface area contributed by atoms with Crippen LogP contribution in [0.1, 0.15) is 24.0 Å². The van der Waals surface area contributed by atoms with Crippen LogP contribution in [0.15, 0.2) is 53.5 Å². The van der Waals surface area contributed by atoms with Gasteiger partial charge in [0.15, 0.2) is 5.96 Å². The van der Waals surface area contributed by atoms with Crippen molar-refractivity contribution in [1.29, 1.82) is 0 Å². The van der Waals surface area contributed by atoms with Crippen molar-refractivity contribution in [3.63, 3.8) is 0 Å². The van der Waals surface area contributed by atoms with Gasteiger partial charge in [0.25, 0.3) is 0 Å². The lowest BCUT2D eigenvalue weighted by Crippen LogP contribution is -2.25. The van der Waals surface area contributed by atoms with Gasteiger partial charge in [-0.1, -0.05) is 48.0 Å². The quantitative estimate of drug-likeness (QED) is 0.369. The summed E-state index contributed by atoms with van der Waals surface area (Å²) in [6.07, 6.45) is 2.18. The van der Waals surface area contributed by atoms with Crippen LogP contribution in [0.2, 0.25) is 5.02 Å². The van der Waals surface area contributed by atoms with Crippen LogP contribution in [0.5, 0.6) is 0 Å². The minimum atomic E-state index is 0. The molecule has 0 unspecified atom stereocenters. The molecule has 0 amide bonds. The number of rotatable bonds is 6. The van der Waals surface area contributed by atoms with E-state index in [4.69, 9.17) is 22.1 Å². The number of ether oxygens (including phenoxy) is 1. The number of nitrogens with one attached hydrogen (secondary N) is 1. The molecule has 2 aromatic rings. The zero-order valence-corrected chi connectivity index (χ0v) is 17.3. The first-order chi connectivity index (χ1) is 11.6. The number of para-hydroxylation sites is 1. The molecule has 0 radical (unpaired) electrons. The zero-order chi connectivity index (χ0) is 17.0. The van der Waals surface area contributed by atoms with Gasteiger partial charge in [-0.2, -0.15) is 0 Å². The average molecular weight is 472 g/mol. The molecule has 1 fully saturated rings. The number of aliphatic imine (C=N–C) groups is 1. The molecule has 3 N–H and O–H groups in total. The van der Waals surface area contributed by atoms with Gasteiger partial charge in [0.05, 0.1) is 13.2 Å². The maximum absolute atomic E-state index is 6.34. The lowest BCUT2D eigenvalue weighted by molar-refractivity contribution is 0.185. The minimum Gasteiger partial charge on any atom is -0.380 e. The van der Waals surface area contributed by atoms with Crippen LogP contribution in [0.3, 0.4) is 0 Å². The smallest absolute Gasteiger partial charge is 0.193 e. The van der Waals surface area contributed by atoms with Crippen LogP contribution in [-0.2, 0) is 16.8 Å². The highest BCUT2D eigenvalue weighted by Gasteiger charge is 2.45. The van der Waals surface area contributed by atoms with Crippen LogP contribution < -0.4 is 11.1 Å². The molecule has 4 nitrogen and oxygen atoms in total. The lowest BCUT2D eigenvalue weighted by Gasteiger charge is -2.16. The minimum absolute atomic E-state index is 0. The van der Waals surface area contributed by atoms with Crippen LogP contribution in [0, 0.1) is 0 Å². The van der Waals surface area contributed by atoms with Crippen LogP contribution >= 0.6 is 35.6 Å². The zero-order valence-electron chi connectivity index (χ0n) is 14.2. The van der Waals surface area contributed by atoms with Gasteiger partial charge in [-0.3, -0.25) is 4.99 Å². The first-order valence-corrected chi connectivity index (χ1v) is 8.41. The summed E-state index contributed by atoms with van der Waals surface area (Å²) in [5, 5.41) is 3.98. The van der Waals surface area contributed by atoms with E-state index in [1.165, 1.54) is 5.56 Å². The Morgan fingerprint density at radius 2 is 1.88 bits per heavy atom. The molecule has 25 heavy (non-hydrogen) atoms. The number of anilines is 1. The van der Waals surface area contributed by atoms with Crippen LogP contribution in [0.25, 0.3) is 0 Å². The van der Waals surface area contributed by atoms with Gasteiger partial charge in [-0.15, -0.1) is 24.0 Å². The van der Waals surface area contributed by atoms with E-state index in [1.807, 2.05) is 42.5 Å². The molecule has 0 heterocycles. The molecule has 1 saturated carbocycles. The summed E-state index contributed by atoms with van der Waals surface area (Å²) in [6.45, 7) is 1.17. The number of nitrogens with two attached hydrogens (primary N) is 1. The summed E-state index contributed by atoms with van der Waals surface area (Å²) in [4.78, 5) is 4.56. The third-order valence-electron chi connectivity index (χ3n) is 4.43. The maximum Gasteiger partial charge on any atom is 0.193 e. The molecule has 0 atom stereocenters.